The Kier molecular flexibility index (Phi) is 6.41. The highest BCUT2D eigenvalue weighted by Crippen LogP contribution is 2.55. The molecule has 4 rings (SSSR count). The molecule has 0 radical (unpaired) electrons. The summed E-state index contributed by atoms with van der Waals surface area (Å²) < 4.78 is 16.3. The first kappa shape index (κ1) is 23.6. The smallest absolute Gasteiger partial charge is 0.333 e. The Morgan fingerprint density at radius 2 is 1.61 bits per heavy atom. The van der Waals surface area contributed by atoms with E-state index in [4.69, 9.17) is 14.2 Å². The lowest BCUT2D eigenvalue weighted by molar-refractivity contribution is -0.167. The Balaban J connectivity index is 0.000000176. The number of hydrogen-bond acceptors (Lipinski definition) is 6. The molecule has 31 heavy (non-hydrogen) atoms. The van der Waals surface area contributed by atoms with Crippen LogP contribution in [0.1, 0.15) is 73.1 Å². The van der Waals surface area contributed by atoms with Crippen LogP contribution in [0.5, 0.6) is 0 Å². The predicted octanol–water partition coefficient (Wildman–Crippen LogP) is 4.52. The van der Waals surface area contributed by atoms with Gasteiger partial charge in [0.05, 0.1) is 5.92 Å². The molecule has 172 valence electrons. The van der Waals surface area contributed by atoms with Gasteiger partial charge in [0.2, 0.25) is 0 Å². The van der Waals surface area contributed by atoms with Crippen molar-refractivity contribution < 1.29 is 28.6 Å². The number of esters is 3. The second-order valence-corrected chi connectivity index (χ2v) is 10.7. The second kappa shape index (κ2) is 8.44. The molecular formula is C25H36O6. The zero-order valence-corrected chi connectivity index (χ0v) is 19.5. The fraction of sp³-hybridized carbons (Fsp3) is 0.720. The Hall–Kier alpha value is -2.11. The number of fused-ring (bicyclic) bond motifs is 1. The van der Waals surface area contributed by atoms with Crippen LogP contribution in [0.25, 0.3) is 0 Å². The van der Waals surface area contributed by atoms with Crippen molar-refractivity contribution in [3.63, 3.8) is 0 Å². The summed E-state index contributed by atoms with van der Waals surface area (Å²) in [4.78, 5) is 34.6. The zero-order chi connectivity index (χ0) is 23.1. The predicted molar refractivity (Wildman–Crippen MR) is 116 cm³/mol. The van der Waals surface area contributed by atoms with Crippen molar-refractivity contribution in [1.29, 1.82) is 0 Å². The Labute approximate surface area is 185 Å². The first-order valence-corrected chi connectivity index (χ1v) is 11.3. The van der Waals surface area contributed by atoms with E-state index in [2.05, 4.69) is 33.9 Å². The van der Waals surface area contributed by atoms with Crippen molar-refractivity contribution in [2.24, 2.45) is 23.2 Å². The summed E-state index contributed by atoms with van der Waals surface area (Å²) in [6, 6.07) is 0. The van der Waals surface area contributed by atoms with Gasteiger partial charge in [-0.15, -0.1) is 0 Å². The minimum atomic E-state index is -0.378. The third kappa shape index (κ3) is 4.44. The molecule has 5 atom stereocenters. The molecule has 6 nitrogen and oxygen atoms in total. The molecule has 6 heteroatoms. The molecule has 1 saturated heterocycles. The van der Waals surface area contributed by atoms with Gasteiger partial charge in [-0.1, -0.05) is 33.9 Å². The molecular weight excluding hydrogens is 396 g/mol. The molecule has 3 saturated carbocycles. The van der Waals surface area contributed by atoms with Gasteiger partial charge in [-0.25, -0.2) is 9.59 Å². The van der Waals surface area contributed by atoms with Crippen molar-refractivity contribution in [2.45, 2.75) is 91.0 Å². The largest absolute Gasteiger partial charge is 0.458 e. The van der Waals surface area contributed by atoms with Crippen LogP contribution in [-0.4, -0.2) is 35.7 Å². The fourth-order valence-corrected chi connectivity index (χ4v) is 5.50. The van der Waals surface area contributed by atoms with Gasteiger partial charge in [0, 0.05) is 28.4 Å². The van der Waals surface area contributed by atoms with Gasteiger partial charge in [-0.3, -0.25) is 4.79 Å². The van der Waals surface area contributed by atoms with E-state index in [-0.39, 0.29) is 53.0 Å². The summed E-state index contributed by atoms with van der Waals surface area (Å²) in [5, 5.41) is 0. The molecule has 3 aliphatic carbocycles. The number of rotatable bonds is 4. The van der Waals surface area contributed by atoms with Crippen LogP contribution in [0.4, 0.5) is 0 Å². The summed E-state index contributed by atoms with van der Waals surface area (Å²) >= 11 is 0. The highest BCUT2D eigenvalue weighted by Gasteiger charge is 2.63. The molecule has 0 aromatic heterocycles. The summed E-state index contributed by atoms with van der Waals surface area (Å²) in [7, 11) is 0. The van der Waals surface area contributed by atoms with Gasteiger partial charge in [-0.05, 0) is 52.4 Å². The minimum absolute atomic E-state index is 0.00854. The lowest BCUT2D eigenvalue weighted by atomic mass is 9.75. The number of carbonyl (C=O) groups is 3. The van der Waals surface area contributed by atoms with Gasteiger partial charge in [0.15, 0.2) is 0 Å². The molecule has 5 unspecified atom stereocenters. The average Bonchev–Trinajstić information content (AvgIpc) is 3.40. The summed E-state index contributed by atoms with van der Waals surface area (Å²) in [6.45, 7) is 16.9. The fourth-order valence-electron chi connectivity index (χ4n) is 5.50. The third-order valence-electron chi connectivity index (χ3n) is 7.42. The van der Waals surface area contributed by atoms with Crippen LogP contribution in [-0.2, 0) is 28.6 Å². The maximum atomic E-state index is 11.6. The van der Waals surface area contributed by atoms with Gasteiger partial charge in [-0.2, -0.15) is 0 Å². The van der Waals surface area contributed by atoms with E-state index < -0.39 is 0 Å². The molecule has 0 spiro atoms. The van der Waals surface area contributed by atoms with Gasteiger partial charge < -0.3 is 14.2 Å². The molecule has 4 aliphatic rings. The van der Waals surface area contributed by atoms with E-state index in [1.165, 1.54) is 0 Å². The Morgan fingerprint density at radius 1 is 1.03 bits per heavy atom. The van der Waals surface area contributed by atoms with Crippen LogP contribution in [0.3, 0.4) is 0 Å². The van der Waals surface area contributed by atoms with Gasteiger partial charge >= 0.3 is 17.9 Å². The summed E-state index contributed by atoms with van der Waals surface area (Å²) in [6.07, 6.45) is 5.60. The van der Waals surface area contributed by atoms with Crippen molar-refractivity contribution in [1.82, 2.24) is 0 Å². The molecule has 4 fully saturated rings. The maximum absolute atomic E-state index is 11.6. The van der Waals surface area contributed by atoms with Crippen molar-refractivity contribution in [3.05, 3.63) is 24.3 Å². The van der Waals surface area contributed by atoms with Crippen LogP contribution >= 0.6 is 0 Å². The van der Waals surface area contributed by atoms with Crippen molar-refractivity contribution in [3.8, 4) is 0 Å². The molecule has 1 aliphatic heterocycles. The van der Waals surface area contributed by atoms with E-state index >= 15 is 0 Å². The SMILES string of the molecule is C=C(C)C(=O)OC1(C(C)(C)C)CCCC1.C=C(C)C(=O)OC1C2CC3C(=O)OC1C3C2. The monoisotopic (exact) mass is 432 g/mol. The molecule has 1 heterocycles. The topological polar surface area (TPSA) is 78.9 Å². The van der Waals surface area contributed by atoms with Crippen LogP contribution in [0.15, 0.2) is 24.3 Å². The van der Waals surface area contributed by atoms with E-state index in [9.17, 15) is 14.4 Å². The zero-order valence-electron chi connectivity index (χ0n) is 19.5. The number of hydrogen-bond donors (Lipinski definition) is 0. The molecule has 2 bridgehead atoms. The Bertz CT molecular complexity index is 782. The first-order chi connectivity index (χ1) is 14.4. The lowest BCUT2D eigenvalue weighted by Crippen LogP contribution is -2.44. The second-order valence-electron chi connectivity index (χ2n) is 10.7. The van der Waals surface area contributed by atoms with E-state index in [0.29, 0.717) is 17.1 Å². The Morgan fingerprint density at radius 3 is 2.13 bits per heavy atom. The molecule has 0 aromatic rings. The van der Waals surface area contributed by atoms with Crippen LogP contribution in [0, 0.1) is 23.2 Å². The van der Waals surface area contributed by atoms with E-state index in [0.717, 1.165) is 38.5 Å². The minimum Gasteiger partial charge on any atom is -0.458 e. The van der Waals surface area contributed by atoms with Crippen molar-refractivity contribution in [2.75, 3.05) is 0 Å². The normalized spacial score (nSPS) is 32.0. The molecule has 0 N–H and O–H groups in total. The van der Waals surface area contributed by atoms with E-state index in [1.54, 1.807) is 13.8 Å². The first-order valence-electron chi connectivity index (χ1n) is 11.3. The highest BCUT2D eigenvalue weighted by molar-refractivity contribution is 5.87. The van der Waals surface area contributed by atoms with E-state index in [1.807, 2.05) is 0 Å². The number of ether oxygens (including phenoxy) is 3. The summed E-state index contributed by atoms with van der Waals surface area (Å²) in [5.41, 5.74) is 0.617. The summed E-state index contributed by atoms with van der Waals surface area (Å²) in [5.74, 6) is -0.0831. The van der Waals surface area contributed by atoms with Crippen LogP contribution < -0.4 is 0 Å². The van der Waals surface area contributed by atoms with Crippen molar-refractivity contribution >= 4 is 17.9 Å². The average molecular weight is 433 g/mol. The number of carbonyl (C=O) groups excluding carboxylic acids is 3. The highest BCUT2D eigenvalue weighted by atomic mass is 16.6. The standard InChI is InChI=1S/C13H22O2.C12H14O4/c1-10(2)11(14)15-13(12(3,4)5)8-6-7-9-13;1-5(2)11(13)15-9-6-3-7-8(4-6)12(14)16-10(7)9/h1,6-9H2,2-5H3;6-10H,1,3-4H2,2H3. The third-order valence-corrected chi connectivity index (χ3v) is 7.42. The molecule has 0 aromatic carbocycles. The quantitative estimate of drug-likeness (QED) is 0.369. The van der Waals surface area contributed by atoms with Crippen LogP contribution in [0.2, 0.25) is 0 Å². The molecule has 0 amide bonds. The van der Waals surface area contributed by atoms with Gasteiger partial charge in [0.25, 0.3) is 0 Å². The van der Waals surface area contributed by atoms with Gasteiger partial charge in [0.1, 0.15) is 17.8 Å². The lowest BCUT2D eigenvalue weighted by Gasteiger charge is -2.41. The maximum Gasteiger partial charge on any atom is 0.333 e.